The molecule has 13 nitrogen and oxygen atoms in total. The van der Waals surface area contributed by atoms with Crippen molar-refractivity contribution in [3.63, 3.8) is 0 Å². The molecule has 4 aliphatic rings. The van der Waals surface area contributed by atoms with Crippen LogP contribution in [0, 0.1) is 22.2 Å². The van der Waals surface area contributed by atoms with Crippen LogP contribution in [0.2, 0.25) is 0 Å². The van der Waals surface area contributed by atoms with Crippen molar-refractivity contribution in [3.05, 3.63) is 52.9 Å². The van der Waals surface area contributed by atoms with Gasteiger partial charge in [0, 0.05) is 75.7 Å². The van der Waals surface area contributed by atoms with E-state index in [1.807, 2.05) is 30.4 Å². The zero-order valence-electron chi connectivity index (χ0n) is 31.3. The van der Waals surface area contributed by atoms with Crippen molar-refractivity contribution in [3.8, 4) is 11.8 Å². The fraction of sp³-hybridized carbons (Fsp3) is 0.487. The van der Waals surface area contributed by atoms with E-state index in [0.717, 1.165) is 70.6 Å². The molecular weight excluding hydrogens is 765 g/mol. The maximum atomic E-state index is 13.5. The summed E-state index contributed by atoms with van der Waals surface area (Å²) in [7, 11) is 0.927. The van der Waals surface area contributed by atoms with Crippen molar-refractivity contribution >= 4 is 74.5 Å². The van der Waals surface area contributed by atoms with E-state index in [4.69, 9.17) is 9.72 Å². The molecule has 3 aliphatic heterocycles. The number of rotatable bonds is 10. The van der Waals surface area contributed by atoms with Crippen molar-refractivity contribution in [2.45, 2.75) is 44.4 Å². The molecule has 8 rings (SSSR count). The zero-order chi connectivity index (χ0) is 37.7. The topological polar surface area (TPSA) is 148 Å². The van der Waals surface area contributed by atoms with Gasteiger partial charge in [-0.3, -0.25) is 15.0 Å². The van der Waals surface area contributed by atoms with Gasteiger partial charge in [-0.05, 0) is 110 Å². The minimum atomic E-state index is -2.77. The van der Waals surface area contributed by atoms with Gasteiger partial charge < -0.3 is 29.7 Å². The average molecular weight is 813 g/mol. The first-order chi connectivity index (χ1) is 26.0. The molecule has 1 spiro atoms. The summed E-state index contributed by atoms with van der Waals surface area (Å²) in [6.07, 6.45) is 13.8. The number of aromatic nitrogens is 4. The summed E-state index contributed by atoms with van der Waals surface area (Å²) in [4.78, 5) is 23.5. The number of piperidine rings is 2. The van der Waals surface area contributed by atoms with E-state index in [9.17, 15) is 9.83 Å². The predicted octanol–water partition coefficient (Wildman–Crippen LogP) is 6.93. The Bertz CT molecular complexity index is 2180. The van der Waals surface area contributed by atoms with Gasteiger partial charge in [-0.15, -0.1) is 0 Å². The number of hydrogen-bond donors (Lipinski definition) is 2. The normalized spacial score (nSPS) is 20.6. The van der Waals surface area contributed by atoms with Crippen LogP contribution in [0.3, 0.4) is 0 Å². The molecule has 3 fully saturated rings. The number of benzene rings is 2. The highest BCUT2D eigenvalue weighted by Gasteiger charge is 2.46. The number of hydrogen-bond acceptors (Lipinski definition) is 13. The van der Waals surface area contributed by atoms with Crippen LogP contribution in [0.15, 0.2) is 52.4 Å². The molecule has 4 aromatic rings. The molecule has 1 aliphatic carbocycles. The smallest absolute Gasteiger partial charge is 0.229 e. The molecule has 0 amide bonds. The lowest BCUT2D eigenvalue weighted by Crippen LogP contribution is -2.48. The van der Waals surface area contributed by atoms with Crippen molar-refractivity contribution in [1.82, 2.24) is 29.8 Å². The first-order valence-electron chi connectivity index (χ1n) is 18.7. The molecule has 54 heavy (non-hydrogen) atoms. The van der Waals surface area contributed by atoms with Crippen molar-refractivity contribution in [2.24, 2.45) is 15.9 Å². The first kappa shape index (κ1) is 36.7. The summed E-state index contributed by atoms with van der Waals surface area (Å²) < 4.78 is 20.2. The Morgan fingerprint density at radius 3 is 2.41 bits per heavy atom. The lowest BCUT2D eigenvalue weighted by atomic mass is 9.71. The standard InChI is InChI=1S/C39H47BrN11O2P/c1-49-23-26(21-45-49)27-19-31(33(53-2)20-32(27)51-17-11-38(12-18-51)9-15-50(16-10-38)25-39(24-41)7-8-39)47-37-44-22-28(40)36(48-37)46-30-6-5-29-34(43-14-13-42-29)35(30)54(3,4)52/h5-6,13-14,19-22,26H,7-12,15-18,23,25H2,1-4H3,(H2,44,46,47,48). The third-order valence-electron chi connectivity index (χ3n) is 11.7. The summed E-state index contributed by atoms with van der Waals surface area (Å²) >= 11 is 3.61. The van der Waals surface area contributed by atoms with Crippen LogP contribution in [-0.2, 0) is 4.57 Å². The van der Waals surface area contributed by atoms with Gasteiger partial charge in [0.05, 0.1) is 45.3 Å². The molecular formula is C39H47BrN11O2P. The van der Waals surface area contributed by atoms with E-state index in [2.05, 4.69) is 74.6 Å². The lowest BCUT2D eigenvalue weighted by molar-refractivity contribution is 0.0727. The monoisotopic (exact) mass is 811 g/mol. The van der Waals surface area contributed by atoms with Gasteiger partial charge in [-0.2, -0.15) is 15.3 Å². The Kier molecular flexibility index (Phi) is 9.78. The van der Waals surface area contributed by atoms with Crippen LogP contribution in [0.25, 0.3) is 11.0 Å². The number of likely N-dealkylation sites (N-methyl/N-ethyl adjacent to an activating group) is 1. The van der Waals surface area contributed by atoms with Crippen molar-refractivity contribution in [2.75, 3.05) is 82.3 Å². The molecule has 5 heterocycles. The number of likely N-dealkylation sites (tertiary alicyclic amines) is 1. The van der Waals surface area contributed by atoms with E-state index in [1.165, 1.54) is 24.1 Å². The maximum absolute atomic E-state index is 13.5. The summed E-state index contributed by atoms with van der Waals surface area (Å²) in [5.41, 5.74) is 5.35. The molecule has 2 N–H and O–H groups in total. The van der Waals surface area contributed by atoms with Crippen LogP contribution in [0.4, 0.5) is 28.8 Å². The Labute approximate surface area is 325 Å². The van der Waals surface area contributed by atoms with Gasteiger partial charge in [0.1, 0.15) is 24.2 Å². The van der Waals surface area contributed by atoms with E-state index in [-0.39, 0.29) is 11.3 Å². The van der Waals surface area contributed by atoms with Gasteiger partial charge in [0.2, 0.25) is 5.95 Å². The molecule has 1 unspecified atom stereocenters. The first-order valence-corrected chi connectivity index (χ1v) is 22.1. The number of nitrogens with zero attached hydrogens (tertiary/aromatic N) is 9. The fourth-order valence-corrected chi connectivity index (χ4v) is 10.1. The van der Waals surface area contributed by atoms with Crippen molar-refractivity contribution in [1.29, 1.82) is 5.26 Å². The molecule has 282 valence electrons. The summed E-state index contributed by atoms with van der Waals surface area (Å²) in [5.74, 6) is 1.70. The number of fused-ring (bicyclic) bond motifs is 1. The van der Waals surface area contributed by atoms with Gasteiger partial charge in [-0.25, -0.2) is 4.98 Å². The highest BCUT2D eigenvalue weighted by atomic mass is 79.9. The van der Waals surface area contributed by atoms with E-state index < -0.39 is 7.14 Å². The average Bonchev–Trinajstić information content (AvgIpc) is 3.81. The van der Waals surface area contributed by atoms with Gasteiger partial charge in [0.15, 0.2) is 0 Å². The highest BCUT2D eigenvalue weighted by Crippen LogP contribution is 2.49. The molecule has 1 saturated carbocycles. The minimum absolute atomic E-state index is 0.0702. The largest absolute Gasteiger partial charge is 0.494 e. The predicted molar refractivity (Wildman–Crippen MR) is 219 cm³/mol. The number of ether oxygens (including phenoxy) is 1. The second kappa shape index (κ2) is 14.4. The van der Waals surface area contributed by atoms with Gasteiger partial charge >= 0.3 is 0 Å². The number of anilines is 5. The van der Waals surface area contributed by atoms with Crippen LogP contribution < -0.4 is 25.6 Å². The second-order valence-corrected chi connectivity index (χ2v) is 19.9. The molecule has 2 aromatic carbocycles. The maximum Gasteiger partial charge on any atom is 0.229 e. The third kappa shape index (κ3) is 7.38. The second-order valence-electron chi connectivity index (χ2n) is 15.9. The lowest BCUT2D eigenvalue weighted by Gasteiger charge is -2.48. The zero-order valence-corrected chi connectivity index (χ0v) is 33.8. The molecule has 2 saturated heterocycles. The Balaban J connectivity index is 1.04. The SMILES string of the molecule is COc1cc(N2CCC3(CCN(CC4(C#N)CC4)CC3)CC2)c(C2C=NN(C)C2)cc1Nc1ncc(Br)c(Nc2ccc3nccnc3c2P(C)(C)=O)n1. The molecule has 15 heteroatoms. The quantitative estimate of drug-likeness (QED) is 0.160. The number of methoxy groups -OCH3 is 1. The van der Waals surface area contributed by atoms with Crippen LogP contribution in [0.5, 0.6) is 5.75 Å². The summed E-state index contributed by atoms with van der Waals surface area (Å²) in [6, 6.07) is 10.6. The molecule has 1 atom stereocenters. The Hall–Kier alpha value is -4.31. The third-order valence-corrected chi connectivity index (χ3v) is 13.9. The minimum Gasteiger partial charge on any atom is -0.494 e. The highest BCUT2D eigenvalue weighted by molar-refractivity contribution is 9.10. The molecule has 0 bridgehead atoms. The number of hydrazone groups is 1. The Morgan fingerprint density at radius 2 is 1.74 bits per heavy atom. The number of nitrogens with one attached hydrogen (secondary N) is 2. The fourth-order valence-electron chi connectivity index (χ4n) is 8.40. The molecule has 2 aromatic heterocycles. The number of halogens is 1. The van der Waals surface area contributed by atoms with E-state index in [1.54, 1.807) is 39.0 Å². The van der Waals surface area contributed by atoms with Crippen LogP contribution in [-0.4, -0.2) is 103 Å². The van der Waals surface area contributed by atoms with E-state index >= 15 is 0 Å². The molecule has 0 radical (unpaired) electrons. The van der Waals surface area contributed by atoms with Crippen LogP contribution in [0.1, 0.15) is 50.0 Å². The Morgan fingerprint density at radius 1 is 1.00 bits per heavy atom. The summed E-state index contributed by atoms with van der Waals surface area (Å²) in [6.45, 7) is 9.36. The van der Waals surface area contributed by atoms with Crippen molar-refractivity contribution < 1.29 is 9.30 Å². The van der Waals surface area contributed by atoms with E-state index in [0.29, 0.717) is 49.4 Å². The van der Waals surface area contributed by atoms with Gasteiger partial charge in [-0.1, -0.05) is 0 Å². The number of nitriles is 1. The van der Waals surface area contributed by atoms with Gasteiger partial charge in [0.25, 0.3) is 0 Å². The van der Waals surface area contributed by atoms with Crippen LogP contribution >= 0.6 is 23.1 Å². The summed E-state index contributed by atoms with van der Waals surface area (Å²) in [5, 5.41) is 23.7.